The summed E-state index contributed by atoms with van der Waals surface area (Å²) >= 11 is 0. The summed E-state index contributed by atoms with van der Waals surface area (Å²) in [5, 5.41) is 4.50. The molecule has 1 rings (SSSR count). The normalized spacial score (nSPS) is 10.8. The van der Waals surface area contributed by atoms with Gasteiger partial charge in [0.25, 0.3) is 0 Å². The fraction of sp³-hybridized carbons (Fsp3) is 0. The van der Waals surface area contributed by atoms with Gasteiger partial charge in [0.15, 0.2) is 1.41 Å². The number of hydrogen-bond acceptors (Lipinski definition) is 1. The monoisotopic (exact) mass is 69.0 g/mol. The molecule has 0 spiro atoms. The Kier molecular flexibility index (Phi) is 0.283. The minimum atomic E-state index is 1.00. The molecule has 0 aliphatic rings. The van der Waals surface area contributed by atoms with E-state index >= 15 is 0 Å². The first-order valence-electron chi connectivity index (χ1n) is 1.83. The molecule has 0 saturated heterocycles. The topological polar surface area (TPSA) is 28.7 Å². The number of nitrogens with zero attached hydrogens (tertiary/aromatic N) is 1. The Hall–Kier alpha value is -0.790. The summed E-state index contributed by atoms with van der Waals surface area (Å²) in [4.78, 5) is 0. The van der Waals surface area contributed by atoms with Gasteiger partial charge < -0.3 is 0 Å². The summed E-state index contributed by atoms with van der Waals surface area (Å²) in [6.07, 6.45) is 3.12. The van der Waals surface area contributed by atoms with Gasteiger partial charge in [-0.25, -0.2) is 0 Å². The van der Waals surface area contributed by atoms with E-state index in [1.165, 1.54) is 0 Å². The first-order valence-corrected chi connectivity index (χ1v) is 1.38. The van der Waals surface area contributed by atoms with Crippen molar-refractivity contribution in [1.29, 1.82) is 0 Å². The molecule has 0 aromatic carbocycles. The van der Waals surface area contributed by atoms with E-state index in [9.17, 15) is 0 Å². The number of H-pyrrole nitrogens is 1. The minimum absolute atomic E-state index is 1.00. The predicted octanol–water partition coefficient (Wildman–Crippen LogP) is 0.410. The Balaban J connectivity index is 3.05. The highest BCUT2D eigenvalue weighted by atomic mass is 15.1. The predicted molar refractivity (Wildman–Crippen MR) is 18.6 cm³/mol. The van der Waals surface area contributed by atoms with Gasteiger partial charge >= 0.3 is 0 Å². The van der Waals surface area contributed by atoms with E-state index in [4.69, 9.17) is 1.41 Å². The molecular weight excluding hydrogens is 64.0 g/mol. The molecule has 0 saturated carbocycles. The van der Waals surface area contributed by atoms with Crippen LogP contribution in [0.1, 0.15) is 0 Å². The molecule has 2 nitrogen and oxygen atoms in total. The van der Waals surface area contributed by atoms with Gasteiger partial charge in [0.05, 0.1) is 0 Å². The van der Waals surface area contributed by atoms with Crippen molar-refractivity contribution in [3.8, 4) is 0 Å². The Morgan fingerprint density at radius 3 is 3.20 bits per heavy atom. The first kappa shape index (κ1) is 1.60. The number of nitrogens with one attached hydrogen (secondary N) is 1. The van der Waals surface area contributed by atoms with Gasteiger partial charge in [-0.1, -0.05) is 0 Å². The summed E-state index contributed by atoms with van der Waals surface area (Å²) in [7, 11) is 0. The average Bonchev–Trinajstić information content (AvgIpc) is 1.86. The fourth-order valence-electron chi connectivity index (χ4n) is 0.192. The zero-order chi connectivity index (χ0) is 4.41. The third-order valence-electron chi connectivity index (χ3n) is 0.372. The molecular formula is C3H4N2. The van der Waals surface area contributed by atoms with Crippen LogP contribution in [0, 0.1) is 0 Å². The molecule has 0 aliphatic heterocycles. The van der Waals surface area contributed by atoms with Crippen molar-refractivity contribution in [1.82, 2.24) is 10.2 Å². The molecule has 0 radical (unpaired) electrons. The maximum absolute atomic E-state index is 6.68. The summed E-state index contributed by atoms with van der Waals surface area (Å²) < 4.78 is 6.68. The standard InChI is InChI=1S/C3H4N2/c1-2-4-5-3-1/h1-3H,(H,4,5)/i/hD. The Morgan fingerprint density at radius 2 is 3.00 bits per heavy atom. The zero-order valence-electron chi connectivity index (χ0n) is 3.63. The molecule has 2 heteroatoms. The second-order valence-electron chi connectivity index (χ2n) is 0.722. The third kappa shape index (κ3) is 0.265. The highest BCUT2D eigenvalue weighted by molar-refractivity contribution is 4.72. The minimum Gasteiger partial charge on any atom is -0.286 e. The average molecular weight is 69.1 g/mol. The smallest absolute Gasteiger partial charge is 0.189 e. The Bertz CT molecular complexity index is 112. The number of aromatic amines is 1. The van der Waals surface area contributed by atoms with Gasteiger partial charge in [-0.2, -0.15) is 5.10 Å². The molecule has 0 bridgehead atoms. The largest absolute Gasteiger partial charge is 0.286 e. The molecule has 0 unspecified atom stereocenters. The lowest BCUT2D eigenvalue weighted by molar-refractivity contribution is 1.09. The van der Waals surface area contributed by atoms with Crippen LogP contribution in [0.2, 0.25) is 1.41 Å². The van der Waals surface area contributed by atoms with Crippen molar-refractivity contribution in [2.45, 2.75) is 0 Å². The third-order valence-corrected chi connectivity index (χ3v) is 0.372. The van der Waals surface area contributed by atoms with Crippen LogP contribution in [-0.2, 0) is 0 Å². The lowest BCUT2D eigenvalue weighted by Crippen LogP contribution is -1.53. The molecule has 1 aromatic rings. The summed E-state index contributed by atoms with van der Waals surface area (Å²) in [5.74, 6) is 0. The van der Waals surface area contributed by atoms with E-state index in [-0.39, 0.29) is 0 Å². The van der Waals surface area contributed by atoms with Gasteiger partial charge in [-0.3, -0.25) is 5.09 Å². The van der Waals surface area contributed by atoms with Gasteiger partial charge in [-0.15, -0.1) is 0 Å². The van der Waals surface area contributed by atoms with Crippen LogP contribution in [0.5, 0.6) is 0 Å². The van der Waals surface area contributed by atoms with Crippen LogP contribution < -0.4 is 0 Å². The lowest BCUT2D eigenvalue weighted by Gasteiger charge is -1.49. The Morgan fingerprint density at radius 1 is 2.00 bits per heavy atom. The second kappa shape index (κ2) is 0.885. The molecule has 26 valence electrons. The maximum Gasteiger partial charge on any atom is 0.189 e. The van der Waals surface area contributed by atoms with Crippen molar-refractivity contribution in [2.24, 2.45) is 0 Å². The van der Waals surface area contributed by atoms with E-state index in [0.29, 0.717) is 0 Å². The highest BCUT2D eigenvalue weighted by Crippen LogP contribution is 1.64. The van der Waals surface area contributed by atoms with Crippen LogP contribution in [0.15, 0.2) is 18.5 Å². The van der Waals surface area contributed by atoms with Crippen molar-refractivity contribution < 1.29 is 1.41 Å². The molecule has 0 fully saturated rings. The van der Waals surface area contributed by atoms with Crippen molar-refractivity contribution in [2.75, 3.05) is 0 Å². The van der Waals surface area contributed by atoms with E-state index in [1.54, 1.807) is 18.5 Å². The maximum atomic E-state index is 6.68. The van der Waals surface area contributed by atoms with Gasteiger partial charge in [0.2, 0.25) is 0 Å². The van der Waals surface area contributed by atoms with Gasteiger partial charge in [-0.05, 0) is 6.07 Å². The van der Waals surface area contributed by atoms with Crippen LogP contribution in [0.25, 0.3) is 0 Å². The highest BCUT2D eigenvalue weighted by Gasteiger charge is 1.56. The number of aromatic nitrogens is 2. The summed E-state index contributed by atoms with van der Waals surface area (Å²) in [6.45, 7) is 0. The molecule has 1 heterocycles. The van der Waals surface area contributed by atoms with Crippen LogP contribution >= 0.6 is 0 Å². The lowest BCUT2D eigenvalue weighted by atomic mass is 10.8. The Labute approximate surface area is 31.3 Å². The molecule has 0 aliphatic carbocycles. The van der Waals surface area contributed by atoms with Crippen molar-refractivity contribution in [3.63, 3.8) is 0 Å². The molecule has 1 aromatic heterocycles. The van der Waals surface area contributed by atoms with Crippen LogP contribution in [0.3, 0.4) is 0 Å². The van der Waals surface area contributed by atoms with Crippen LogP contribution in [0.4, 0.5) is 0 Å². The zero-order valence-corrected chi connectivity index (χ0v) is 2.63. The molecule has 0 amide bonds. The molecule has 5 heavy (non-hydrogen) atoms. The van der Waals surface area contributed by atoms with Crippen LogP contribution in [-0.4, -0.2) is 10.2 Å². The van der Waals surface area contributed by atoms with Gasteiger partial charge in [0.1, 0.15) is 0 Å². The van der Waals surface area contributed by atoms with Crippen molar-refractivity contribution in [3.05, 3.63) is 18.5 Å². The second-order valence-corrected chi connectivity index (χ2v) is 0.722. The van der Waals surface area contributed by atoms with Crippen molar-refractivity contribution >= 4 is 0 Å². The van der Waals surface area contributed by atoms with E-state index < -0.39 is 0 Å². The van der Waals surface area contributed by atoms with E-state index in [1.807, 2.05) is 0 Å². The molecule has 0 atom stereocenters. The quantitative estimate of drug-likeness (QED) is 0.469. The van der Waals surface area contributed by atoms with Gasteiger partial charge in [0, 0.05) is 12.4 Å². The summed E-state index contributed by atoms with van der Waals surface area (Å²) in [6, 6.07) is 1.70. The van der Waals surface area contributed by atoms with E-state index in [2.05, 4.69) is 5.10 Å². The van der Waals surface area contributed by atoms with E-state index in [0.717, 1.165) is 5.09 Å². The number of rotatable bonds is 0. The fourth-order valence-corrected chi connectivity index (χ4v) is 0.192. The number of hydrogen-bond donors (Lipinski definition) is 1. The first-order chi connectivity index (χ1) is 2.89. The molecule has 1 N–H and O–H groups in total. The summed E-state index contributed by atoms with van der Waals surface area (Å²) in [5.41, 5.74) is 0. The SMILES string of the molecule is [2H]n1cccn1.